The van der Waals surface area contributed by atoms with Gasteiger partial charge in [0.15, 0.2) is 0 Å². The van der Waals surface area contributed by atoms with Crippen molar-refractivity contribution < 1.29 is 19.1 Å². The van der Waals surface area contributed by atoms with Crippen LogP contribution in [0, 0.1) is 6.92 Å². The van der Waals surface area contributed by atoms with E-state index >= 15 is 0 Å². The number of nitrogens with zero attached hydrogens (tertiary/aromatic N) is 4. The van der Waals surface area contributed by atoms with Gasteiger partial charge in [0.05, 0.1) is 43.2 Å². The fourth-order valence-electron chi connectivity index (χ4n) is 3.35. The second-order valence-corrected chi connectivity index (χ2v) is 7.76. The summed E-state index contributed by atoms with van der Waals surface area (Å²) in [6, 6.07) is 3.62. The lowest BCUT2D eigenvalue weighted by molar-refractivity contribution is -0.145. The van der Waals surface area contributed by atoms with E-state index in [0.717, 1.165) is 5.01 Å². The molecule has 8 nitrogen and oxygen atoms in total. The number of aromatic nitrogens is 2. The van der Waals surface area contributed by atoms with Crippen molar-refractivity contribution in [1.29, 1.82) is 0 Å². The molecule has 0 aromatic carbocycles. The molecule has 9 heteroatoms. The molecule has 4 heterocycles. The first-order valence-corrected chi connectivity index (χ1v) is 9.58. The molecule has 2 aliphatic rings. The van der Waals surface area contributed by atoms with Gasteiger partial charge in [-0.3, -0.25) is 14.6 Å². The Labute approximate surface area is 160 Å². The summed E-state index contributed by atoms with van der Waals surface area (Å²) in [5.74, 6) is -0.275. The first kappa shape index (κ1) is 18.0. The van der Waals surface area contributed by atoms with E-state index in [0.29, 0.717) is 44.2 Å². The van der Waals surface area contributed by atoms with E-state index in [2.05, 4.69) is 9.97 Å². The molecule has 2 amide bonds. The fraction of sp³-hybridized carbons (Fsp3) is 0.444. The Morgan fingerprint density at radius 3 is 3.00 bits per heavy atom. The van der Waals surface area contributed by atoms with Crippen LogP contribution >= 0.6 is 11.3 Å². The van der Waals surface area contributed by atoms with Crippen LogP contribution in [0.5, 0.6) is 0 Å². The first-order chi connectivity index (χ1) is 13.1. The average Bonchev–Trinajstić information content (AvgIpc) is 3.02. The molecule has 2 fully saturated rings. The number of morpholine rings is 1. The van der Waals surface area contributed by atoms with Gasteiger partial charge in [-0.25, -0.2) is 4.98 Å². The van der Waals surface area contributed by atoms with E-state index in [-0.39, 0.29) is 18.4 Å². The summed E-state index contributed by atoms with van der Waals surface area (Å²) in [5.41, 5.74) is 0.369. The maximum atomic E-state index is 12.9. The largest absolute Gasteiger partial charge is 0.376 e. The van der Waals surface area contributed by atoms with Crippen molar-refractivity contribution in [3.05, 3.63) is 40.6 Å². The van der Waals surface area contributed by atoms with E-state index in [9.17, 15) is 9.59 Å². The van der Waals surface area contributed by atoms with Crippen LogP contribution < -0.4 is 4.90 Å². The molecule has 0 N–H and O–H groups in total. The van der Waals surface area contributed by atoms with Gasteiger partial charge in [0.1, 0.15) is 17.9 Å². The van der Waals surface area contributed by atoms with Crippen LogP contribution in [0.4, 0.5) is 5.69 Å². The standard InChI is InChI=1S/C18H20N4O4S/c1-13-20-15(9-27-13)17(24)21-5-6-25-12-18(10-21)11-22(16(23)8-26-18)14-3-2-4-19-7-14/h2-4,7,9H,5-6,8,10-12H2,1H3. The van der Waals surface area contributed by atoms with Gasteiger partial charge < -0.3 is 19.3 Å². The van der Waals surface area contributed by atoms with Crippen molar-refractivity contribution in [2.75, 3.05) is 44.4 Å². The third-order valence-corrected chi connectivity index (χ3v) is 5.46. The Morgan fingerprint density at radius 1 is 1.37 bits per heavy atom. The molecule has 4 rings (SSSR count). The van der Waals surface area contributed by atoms with Crippen LogP contribution in [0.2, 0.25) is 0 Å². The van der Waals surface area contributed by atoms with E-state index in [1.165, 1.54) is 11.3 Å². The van der Waals surface area contributed by atoms with Gasteiger partial charge in [-0.2, -0.15) is 0 Å². The zero-order valence-electron chi connectivity index (χ0n) is 15.0. The highest BCUT2D eigenvalue weighted by Crippen LogP contribution is 2.27. The van der Waals surface area contributed by atoms with Crippen molar-refractivity contribution in [2.45, 2.75) is 12.5 Å². The second-order valence-electron chi connectivity index (χ2n) is 6.69. The molecule has 1 unspecified atom stereocenters. The van der Waals surface area contributed by atoms with Gasteiger partial charge in [0.25, 0.3) is 11.8 Å². The lowest BCUT2D eigenvalue weighted by Gasteiger charge is -2.42. The van der Waals surface area contributed by atoms with Crippen LogP contribution in [0.1, 0.15) is 15.5 Å². The molecule has 27 heavy (non-hydrogen) atoms. The number of rotatable bonds is 2. The number of hydrogen-bond donors (Lipinski definition) is 0. The number of thiazole rings is 1. The molecule has 1 atom stereocenters. The Kier molecular flexibility index (Phi) is 4.90. The third kappa shape index (κ3) is 3.71. The van der Waals surface area contributed by atoms with Crippen LogP contribution in [-0.2, 0) is 14.3 Å². The molecule has 2 aromatic rings. The third-order valence-electron chi connectivity index (χ3n) is 4.68. The van der Waals surface area contributed by atoms with Crippen molar-refractivity contribution in [3.63, 3.8) is 0 Å². The lowest BCUT2D eigenvalue weighted by Crippen LogP contribution is -2.61. The molecular formula is C18H20N4O4S. The number of carbonyl (C=O) groups is 2. The predicted molar refractivity (Wildman–Crippen MR) is 98.8 cm³/mol. The highest BCUT2D eigenvalue weighted by atomic mass is 32.1. The monoisotopic (exact) mass is 388 g/mol. The second kappa shape index (κ2) is 7.34. The molecule has 0 bridgehead atoms. The molecule has 0 radical (unpaired) electrons. The van der Waals surface area contributed by atoms with Crippen molar-refractivity contribution in [3.8, 4) is 0 Å². The van der Waals surface area contributed by atoms with Crippen LogP contribution in [0.15, 0.2) is 29.9 Å². The Morgan fingerprint density at radius 2 is 2.26 bits per heavy atom. The summed E-state index contributed by atoms with van der Waals surface area (Å²) in [6.45, 7) is 3.65. The van der Waals surface area contributed by atoms with Crippen molar-refractivity contribution in [2.24, 2.45) is 0 Å². The lowest BCUT2D eigenvalue weighted by atomic mass is 10.0. The van der Waals surface area contributed by atoms with Crippen molar-refractivity contribution >= 4 is 28.8 Å². The molecule has 2 saturated heterocycles. The molecule has 2 aromatic heterocycles. The van der Waals surface area contributed by atoms with E-state index in [4.69, 9.17) is 9.47 Å². The molecule has 1 spiro atoms. The van der Waals surface area contributed by atoms with Crippen LogP contribution in [0.3, 0.4) is 0 Å². The topological polar surface area (TPSA) is 84.9 Å². The van der Waals surface area contributed by atoms with Gasteiger partial charge in [-0.1, -0.05) is 0 Å². The highest BCUT2D eigenvalue weighted by molar-refractivity contribution is 7.09. The van der Waals surface area contributed by atoms with E-state index in [1.807, 2.05) is 13.0 Å². The fourth-order valence-corrected chi connectivity index (χ4v) is 3.94. The Hall–Kier alpha value is -2.36. The number of pyridine rings is 1. The smallest absolute Gasteiger partial charge is 0.273 e. The maximum absolute atomic E-state index is 12.9. The number of aryl methyl sites for hydroxylation is 1. The summed E-state index contributed by atoms with van der Waals surface area (Å²) in [6.07, 6.45) is 3.31. The summed E-state index contributed by atoms with van der Waals surface area (Å²) in [4.78, 5) is 37.0. The van der Waals surface area contributed by atoms with E-state index < -0.39 is 5.60 Å². The molecule has 2 aliphatic heterocycles. The predicted octanol–water partition coefficient (Wildman–Crippen LogP) is 1.12. The molecule has 142 valence electrons. The number of carbonyl (C=O) groups excluding carboxylic acids is 2. The van der Waals surface area contributed by atoms with Crippen LogP contribution in [-0.4, -0.2) is 71.7 Å². The minimum absolute atomic E-state index is 0.0594. The molecule has 0 saturated carbocycles. The Bertz CT molecular complexity index is 843. The summed E-state index contributed by atoms with van der Waals surface area (Å²) < 4.78 is 11.7. The zero-order chi connectivity index (χ0) is 18.9. The Balaban J connectivity index is 1.57. The minimum atomic E-state index is -0.777. The van der Waals surface area contributed by atoms with Crippen LogP contribution in [0.25, 0.3) is 0 Å². The molecular weight excluding hydrogens is 368 g/mol. The highest BCUT2D eigenvalue weighted by Gasteiger charge is 2.44. The number of hydrogen-bond acceptors (Lipinski definition) is 7. The van der Waals surface area contributed by atoms with Gasteiger partial charge in [0.2, 0.25) is 0 Å². The average molecular weight is 388 g/mol. The SMILES string of the molecule is Cc1nc(C(=O)N2CCOCC3(C2)CN(c2cccnc2)C(=O)CO3)cs1. The summed E-state index contributed by atoms with van der Waals surface area (Å²) in [7, 11) is 0. The first-order valence-electron chi connectivity index (χ1n) is 8.70. The summed E-state index contributed by atoms with van der Waals surface area (Å²) >= 11 is 1.45. The quantitative estimate of drug-likeness (QED) is 0.767. The van der Waals surface area contributed by atoms with Gasteiger partial charge in [-0.05, 0) is 19.1 Å². The maximum Gasteiger partial charge on any atom is 0.273 e. The van der Waals surface area contributed by atoms with Gasteiger partial charge in [-0.15, -0.1) is 11.3 Å². The summed E-state index contributed by atoms with van der Waals surface area (Å²) in [5, 5.41) is 2.62. The number of ether oxygens (including phenoxy) is 2. The van der Waals surface area contributed by atoms with E-state index in [1.54, 1.807) is 33.6 Å². The number of amides is 2. The zero-order valence-corrected chi connectivity index (χ0v) is 15.8. The van der Waals surface area contributed by atoms with Crippen molar-refractivity contribution in [1.82, 2.24) is 14.9 Å². The molecule has 0 aliphatic carbocycles. The minimum Gasteiger partial charge on any atom is -0.376 e. The normalized spacial score (nSPS) is 23.5. The number of anilines is 1. The van der Waals surface area contributed by atoms with Gasteiger partial charge >= 0.3 is 0 Å². The van der Waals surface area contributed by atoms with Gasteiger partial charge in [0, 0.05) is 18.1 Å².